The molecule has 43 heavy (non-hydrogen) atoms. The van der Waals surface area contributed by atoms with E-state index in [4.69, 9.17) is 0 Å². The predicted octanol–water partition coefficient (Wildman–Crippen LogP) is 3.00. The first kappa shape index (κ1) is 28.8. The van der Waals surface area contributed by atoms with Crippen LogP contribution in [0.25, 0.3) is 0 Å². The molecule has 1 spiro atoms. The Hall–Kier alpha value is -4.29. The zero-order chi connectivity index (χ0) is 30.6. The Morgan fingerprint density at radius 1 is 0.977 bits per heavy atom. The first-order valence-corrected chi connectivity index (χ1v) is 14.2. The molecule has 1 aliphatic carbocycles. The Kier molecular flexibility index (Phi) is 7.01. The number of aromatic nitrogens is 4. The van der Waals surface area contributed by atoms with Crippen molar-refractivity contribution >= 4 is 17.7 Å². The Bertz CT molecular complexity index is 1530. The SMILES string of the molecule is CC1(C)C[C@@H]1C(=O)N1CC2(CN(C(=O)c3cnn(Cc4ccccc4)c3)C[C@H]2C(=O)NCc2ccc(C(F)(F)F)nn2)C1. The summed E-state index contributed by atoms with van der Waals surface area (Å²) in [6, 6.07) is 11.7. The number of hydrogen-bond donors (Lipinski definition) is 1. The molecule has 13 heteroatoms. The van der Waals surface area contributed by atoms with Crippen molar-refractivity contribution in [2.45, 2.75) is 39.5 Å². The predicted molar refractivity (Wildman–Crippen MR) is 147 cm³/mol. The van der Waals surface area contributed by atoms with Crippen LogP contribution in [0, 0.1) is 22.7 Å². The third-order valence-electron chi connectivity index (χ3n) is 8.91. The van der Waals surface area contributed by atoms with E-state index in [0.29, 0.717) is 31.7 Å². The largest absolute Gasteiger partial charge is 0.435 e. The molecular formula is C30H32F3N7O3. The van der Waals surface area contributed by atoms with Crippen LogP contribution in [0.15, 0.2) is 54.9 Å². The van der Waals surface area contributed by atoms with Crippen molar-refractivity contribution in [2.24, 2.45) is 22.7 Å². The second-order valence-electron chi connectivity index (χ2n) is 12.6. The molecule has 3 aliphatic rings. The molecule has 2 aromatic heterocycles. The standard InChI is InChI=1S/C30H32F3N7O3/c1-28(2)10-22(28)27(43)39-17-29(18-39)16-38(26(42)20-11-35-40(14-20)13-19-6-4-3-5-7-19)15-23(29)25(41)34-12-21-8-9-24(37-36-21)30(31,32)33/h3-9,11,14,22-23H,10,12-13,15-18H2,1-2H3,(H,34,41)/t22-,23+/m1/s1. The van der Waals surface area contributed by atoms with Crippen LogP contribution in [0.1, 0.15) is 47.6 Å². The number of nitrogens with one attached hydrogen (secondary N) is 1. The normalized spacial score (nSPS) is 21.9. The maximum Gasteiger partial charge on any atom is 0.435 e. The van der Waals surface area contributed by atoms with Gasteiger partial charge in [-0.1, -0.05) is 44.2 Å². The van der Waals surface area contributed by atoms with Crippen molar-refractivity contribution in [3.8, 4) is 0 Å². The lowest BCUT2D eigenvalue weighted by Gasteiger charge is -2.50. The third-order valence-corrected chi connectivity index (χ3v) is 8.91. The van der Waals surface area contributed by atoms with Crippen LogP contribution >= 0.6 is 0 Å². The minimum atomic E-state index is -4.61. The zero-order valence-electron chi connectivity index (χ0n) is 23.8. The number of hydrogen-bond acceptors (Lipinski definition) is 6. The Balaban J connectivity index is 1.15. The van der Waals surface area contributed by atoms with Gasteiger partial charge in [0.25, 0.3) is 5.91 Å². The lowest BCUT2D eigenvalue weighted by Crippen LogP contribution is -2.64. The molecule has 2 aliphatic heterocycles. The van der Waals surface area contributed by atoms with E-state index in [1.54, 1.807) is 20.7 Å². The first-order valence-electron chi connectivity index (χ1n) is 14.2. The second-order valence-corrected chi connectivity index (χ2v) is 12.6. The molecule has 2 atom stereocenters. The maximum atomic E-state index is 13.6. The van der Waals surface area contributed by atoms with E-state index in [2.05, 4.69) is 34.5 Å². The average Bonchev–Trinajstić information content (AvgIpc) is 3.28. The maximum absolute atomic E-state index is 13.6. The summed E-state index contributed by atoms with van der Waals surface area (Å²) >= 11 is 0. The average molecular weight is 596 g/mol. The fourth-order valence-corrected chi connectivity index (χ4v) is 6.20. The molecule has 0 radical (unpaired) electrons. The van der Waals surface area contributed by atoms with Crippen LogP contribution in [-0.4, -0.2) is 73.7 Å². The zero-order valence-corrected chi connectivity index (χ0v) is 23.8. The number of carbonyl (C=O) groups is 3. The monoisotopic (exact) mass is 595 g/mol. The molecule has 3 fully saturated rings. The van der Waals surface area contributed by atoms with E-state index in [9.17, 15) is 27.6 Å². The number of amides is 3. The van der Waals surface area contributed by atoms with Crippen LogP contribution in [0.2, 0.25) is 0 Å². The van der Waals surface area contributed by atoms with Crippen LogP contribution in [0.3, 0.4) is 0 Å². The van der Waals surface area contributed by atoms with E-state index in [-0.39, 0.29) is 47.8 Å². The summed E-state index contributed by atoms with van der Waals surface area (Å²) in [5.41, 5.74) is -0.154. The van der Waals surface area contributed by atoms with Gasteiger partial charge < -0.3 is 15.1 Å². The van der Waals surface area contributed by atoms with Gasteiger partial charge in [0.2, 0.25) is 11.8 Å². The minimum absolute atomic E-state index is 0.0309. The van der Waals surface area contributed by atoms with E-state index >= 15 is 0 Å². The number of rotatable bonds is 7. The molecule has 1 saturated carbocycles. The highest BCUT2D eigenvalue weighted by Crippen LogP contribution is 2.54. The molecule has 226 valence electrons. The quantitative estimate of drug-likeness (QED) is 0.450. The molecule has 2 saturated heterocycles. The second kappa shape index (κ2) is 10.5. The number of nitrogens with zero attached hydrogens (tertiary/aromatic N) is 6. The summed E-state index contributed by atoms with van der Waals surface area (Å²) in [7, 11) is 0. The van der Waals surface area contributed by atoms with E-state index in [1.165, 1.54) is 12.3 Å². The Labute approximate surface area is 246 Å². The molecule has 4 heterocycles. The number of halogens is 3. The lowest BCUT2D eigenvalue weighted by atomic mass is 9.71. The summed E-state index contributed by atoms with van der Waals surface area (Å²) in [6.45, 7) is 5.65. The van der Waals surface area contributed by atoms with Crippen LogP contribution in [0.4, 0.5) is 13.2 Å². The molecule has 3 amide bonds. The number of likely N-dealkylation sites (tertiary alicyclic amines) is 2. The fourth-order valence-electron chi connectivity index (χ4n) is 6.20. The van der Waals surface area contributed by atoms with Gasteiger partial charge >= 0.3 is 6.18 Å². The third kappa shape index (κ3) is 5.72. The summed E-state index contributed by atoms with van der Waals surface area (Å²) in [5.74, 6) is -1.19. The first-order chi connectivity index (χ1) is 20.3. The van der Waals surface area contributed by atoms with Gasteiger partial charge in [-0.15, -0.1) is 5.10 Å². The number of carbonyl (C=O) groups excluding carboxylic acids is 3. The molecule has 0 unspecified atom stereocenters. The molecule has 3 aromatic rings. The van der Waals surface area contributed by atoms with Crippen LogP contribution in [0.5, 0.6) is 0 Å². The summed E-state index contributed by atoms with van der Waals surface area (Å²) in [5, 5.41) is 13.9. The van der Waals surface area contributed by atoms with Crippen molar-refractivity contribution < 1.29 is 27.6 Å². The van der Waals surface area contributed by atoms with E-state index < -0.39 is 23.2 Å². The molecule has 1 N–H and O–H groups in total. The van der Waals surface area contributed by atoms with E-state index in [1.807, 2.05) is 30.3 Å². The van der Waals surface area contributed by atoms with Gasteiger partial charge in [-0.25, -0.2) is 0 Å². The van der Waals surface area contributed by atoms with Crippen LogP contribution < -0.4 is 5.32 Å². The highest BCUT2D eigenvalue weighted by molar-refractivity contribution is 5.95. The highest BCUT2D eigenvalue weighted by Gasteiger charge is 2.61. The minimum Gasteiger partial charge on any atom is -0.350 e. The van der Waals surface area contributed by atoms with Crippen molar-refractivity contribution in [3.63, 3.8) is 0 Å². The topological polar surface area (TPSA) is 113 Å². The van der Waals surface area contributed by atoms with Gasteiger partial charge in [-0.3, -0.25) is 19.1 Å². The van der Waals surface area contributed by atoms with Gasteiger partial charge in [-0.05, 0) is 29.5 Å². The fraction of sp³-hybridized carbons (Fsp3) is 0.467. The van der Waals surface area contributed by atoms with Gasteiger partial charge in [0.15, 0.2) is 5.69 Å². The molecule has 0 bridgehead atoms. The van der Waals surface area contributed by atoms with Crippen LogP contribution in [-0.2, 0) is 28.9 Å². The number of alkyl halides is 3. The Morgan fingerprint density at radius 2 is 1.67 bits per heavy atom. The van der Waals surface area contributed by atoms with Gasteiger partial charge in [0.1, 0.15) is 0 Å². The van der Waals surface area contributed by atoms with Crippen molar-refractivity contribution in [2.75, 3.05) is 26.2 Å². The molecule has 1 aromatic carbocycles. The van der Waals surface area contributed by atoms with E-state index in [0.717, 1.165) is 18.1 Å². The molecule has 10 nitrogen and oxygen atoms in total. The summed E-state index contributed by atoms with van der Waals surface area (Å²) in [4.78, 5) is 43.5. The summed E-state index contributed by atoms with van der Waals surface area (Å²) < 4.78 is 40.2. The van der Waals surface area contributed by atoms with Gasteiger partial charge in [-0.2, -0.15) is 23.4 Å². The molecular weight excluding hydrogens is 563 g/mol. The number of benzene rings is 1. The lowest BCUT2D eigenvalue weighted by molar-refractivity contribution is -0.151. The van der Waals surface area contributed by atoms with Crippen molar-refractivity contribution in [3.05, 3.63) is 77.4 Å². The van der Waals surface area contributed by atoms with Gasteiger partial charge in [0, 0.05) is 43.7 Å². The molecule has 6 rings (SSSR count). The summed E-state index contributed by atoms with van der Waals surface area (Å²) in [6.07, 6.45) is -0.585. The Morgan fingerprint density at radius 3 is 2.30 bits per heavy atom. The van der Waals surface area contributed by atoms with Crippen molar-refractivity contribution in [1.29, 1.82) is 0 Å². The van der Waals surface area contributed by atoms with Gasteiger partial charge in [0.05, 0.1) is 36.5 Å². The highest BCUT2D eigenvalue weighted by atomic mass is 19.4. The smallest absolute Gasteiger partial charge is 0.350 e. The van der Waals surface area contributed by atoms with Crippen molar-refractivity contribution in [1.82, 2.24) is 35.1 Å².